The second-order valence-corrected chi connectivity index (χ2v) is 6.83. The fourth-order valence-electron chi connectivity index (χ4n) is 2.48. The first kappa shape index (κ1) is 15.3. The van der Waals surface area contributed by atoms with Crippen molar-refractivity contribution in [3.05, 3.63) is 12.7 Å². The molecule has 0 unspecified atom stereocenters. The van der Waals surface area contributed by atoms with Gasteiger partial charge in [-0.15, -0.1) is 0 Å². The van der Waals surface area contributed by atoms with E-state index in [-0.39, 0.29) is 5.82 Å². The van der Waals surface area contributed by atoms with Crippen LogP contribution in [0, 0.1) is 0 Å². The van der Waals surface area contributed by atoms with Gasteiger partial charge in [-0.25, -0.2) is 15.0 Å². The van der Waals surface area contributed by atoms with Gasteiger partial charge in [0, 0.05) is 6.42 Å². The number of hydrogen-bond donors (Lipinski definition) is 5. The Balaban J connectivity index is 2.03. The maximum Gasteiger partial charge on any atom is 0.359 e. The monoisotopic (exact) mass is 331 g/mol. The van der Waals surface area contributed by atoms with Crippen molar-refractivity contribution >= 4 is 24.6 Å². The van der Waals surface area contributed by atoms with Gasteiger partial charge in [0.1, 0.15) is 24.2 Å². The summed E-state index contributed by atoms with van der Waals surface area (Å²) in [4.78, 5) is 30.5. The van der Waals surface area contributed by atoms with E-state index < -0.39 is 38.3 Å². The molecule has 1 aliphatic rings. The molecule has 1 aliphatic heterocycles. The van der Waals surface area contributed by atoms with Crippen molar-refractivity contribution in [3.8, 4) is 0 Å². The van der Waals surface area contributed by atoms with Crippen LogP contribution in [-0.2, 0) is 9.30 Å². The van der Waals surface area contributed by atoms with Crippen LogP contribution in [-0.4, -0.2) is 57.6 Å². The van der Waals surface area contributed by atoms with Gasteiger partial charge in [0.25, 0.3) is 0 Å². The molecule has 0 aromatic carbocycles. The van der Waals surface area contributed by atoms with Crippen LogP contribution in [0.2, 0.25) is 0 Å². The molecule has 0 aliphatic carbocycles. The van der Waals surface area contributed by atoms with Crippen molar-refractivity contribution < 1.29 is 29.3 Å². The van der Waals surface area contributed by atoms with Gasteiger partial charge in [-0.05, 0) is 0 Å². The van der Waals surface area contributed by atoms with E-state index in [0.29, 0.717) is 11.2 Å². The minimum absolute atomic E-state index is 0.144. The van der Waals surface area contributed by atoms with Crippen molar-refractivity contribution in [1.29, 1.82) is 0 Å². The Morgan fingerprint density at radius 3 is 2.77 bits per heavy atom. The summed E-state index contributed by atoms with van der Waals surface area (Å²) in [5, 5.41) is 17.0. The lowest BCUT2D eigenvalue weighted by atomic mass is 10.2. The molecule has 0 bridgehead atoms. The van der Waals surface area contributed by atoms with Gasteiger partial charge in [0.15, 0.2) is 16.8 Å². The number of anilines is 1. The fourth-order valence-corrected chi connectivity index (χ4v) is 3.39. The molecule has 3 atom stereocenters. The summed E-state index contributed by atoms with van der Waals surface area (Å²) >= 11 is 0. The minimum Gasteiger partial charge on any atom is -0.394 e. The van der Waals surface area contributed by atoms with E-state index >= 15 is 0 Å². The number of hydrogen-bond acceptors (Lipinski definition) is 8. The van der Waals surface area contributed by atoms with Gasteiger partial charge < -0.3 is 30.5 Å². The van der Waals surface area contributed by atoms with Crippen LogP contribution in [0.1, 0.15) is 12.6 Å². The first-order valence-electron chi connectivity index (χ1n) is 6.25. The molecule has 1 saturated heterocycles. The van der Waals surface area contributed by atoms with Crippen LogP contribution in [0.5, 0.6) is 0 Å². The minimum atomic E-state index is -4.93. The van der Waals surface area contributed by atoms with Crippen LogP contribution in [0.4, 0.5) is 5.82 Å². The molecule has 2 aromatic heterocycles. The second-order valence-electron chi connectivity index (χ2n) is 4.97. The molecule has 0 spiro atoms. The lowest BCUT2D eigenvalue weighted by molar-refractivity contribution is -0.0594. The first-order chi connectivity index (χ1) is 10.3. The van der Waals surface area contributed by atoms with E-state index in [1.165, 1.54) is 17.2 Å². The maximum absolute atomic E-state index is 11.5. The Bertz CT molecular complexity index is 761. The topological polar surface area (TPSA) is 177 Å². The zero-order valence-electron chi connectivity index (χ0n) is 11.1. The standard InChI is InChI=1S/C10H14N5O6P/c11-8-7-9(13-3-12-8)15(4-14-7)6-1-10(17,22(18,19)20)5(2-16)21-6/h3-6,16-17H,1-2H2,(H2,11,12,13)(H2,18,19,20)/t5-,6-,10+/m1/s1. The molecule has 11 nitrogen and oxygen atoms in total. The van der Waals surface area contributed by atoms with E-state index in [0.717, 1.165) is 0 Å². The summed E-state index contributed by atoms with van der Waals surface area (Å²) in [6.07, 6.45) is -0.300. The molecule has 3 heterocycles. The molecule has 6 N–H and O–H groups in total. The average Bonchev–Trinajstić information content (AvgIpc) is 3.00. The van der Waals surface area contributed by atoms with Gasteiger partial charge in [-0.1, -0.05) is 0 Å². The van der Waals surface area contributed by atoms with Gasteiger partial charge in [0.05, 0.1) is 12.9 Å². The highest BCUT2D eigenvalue weighted by molar-refractivity contribution is 7.53. The van der Waals surface area contributed by atoms with Gasteiger partial charge in [-0.2, -0.15) is 0 Å². The number of nitrogens with zero attached hydrogens (tertiary/aromatic N) is 4. The van der Waals surface area contributed by atoms with E-state index in [1.54, 1.807) is 0 Å². The van der Waals surface area contributed by atoms with Crippen molar-refractivity contribution in [2.24, 2.45) is 0 Å². The zero-order chi connectivity index (χ0) is 16.1. The predicted octanol–water partition coefficient (Wildman–Crippen LogP) is -1.45. The summed E-state index contributed by atoms with van der Waals surface area (Å²) in [5.41, 5.74) is 6.26. The van der Waals surface area contributed by atoms with E-state index in [2.05, 4.69) is 15.0 Å². The molecular weight excluding hydrogens is 317 g/mol. The molecule has 120 valence electrons. The molecule has 1 fully saturated rings. The third-order valence-electron chi connectivity index (χ3n) is 3.68. The molecule has 22 heavy (non-hydrogen) atoms. The van der Waals surface area contributed by atoms with Gasteiger partial charge >= 0.3 is 7.60 Å². The third kappa shape index (κ3) is 2.10. The summed E-state index contributed by atoms with van der Waals surface area (Å²) in [6.45, 7) is -0.748. The van der Waals surface area contributed by atoms with Crippen molar-refractivity contribution in [3.63, 3.8) is 0 Å². The Labute approximate surface area is 123 Å². The molecule has 0 radical (unpaired) electrons. The van der Waals surface area contributed by atoms with Crippen LogP contribution >= 0.6 is 7.60 Å². The van der Waals surface area contributed by atoms with Crippen LogP contribution in [0.25, 0.3) is 11.2 Å². The Morgan fingerprint density at radius 2 is 2.18 bits per heavy atom. The molecule has 12 heteroatoms. The molecule has 0 saturated carbocycles. The number of aliphatic hydroxyl groups excluding tert-OH is 1. The van der Waals surface area contributed by atoms with Crippen LogP contribution < -0.4 is 5.73 Å². The van der Waals surface area contributed by atoms with E-state index in [1.807, 2.05) is 0 Å². The Hall–Kier alpha value is -1.62. The number of ether oxygens (including phenoxy) is 1. The quantitative estimate of drug-likeness (QED) is 0.418. The summed E-state index contributed by atoms with van der Waals surface area (Å²) in [7, 11) is -4.93. The summed E-state index contributed by atoms with van der Waals surface area (Å²) in [6, 6.07) is 0. The van der Waals surface area contributed by atoms with Crippen LogP contribution in [0.3, 0.4) is 0 Å². The average molecular weight is 331 g/mol. The first-order valence-corrected chi connectivity index (χ1v) is 7.86. The number of aromatic nitrogens is 4. The highest BCUT2D eigenvalue weighted by atomic mass is 31.2. The normalized spacial score (nSPS) is 29.3. The second kappa shape index (κ2) is 4.95. The van der Waals surface area contributed by atoms with Gasteiger partial charge in [-0.3, -0.25) is 9.13 Å². The summed E-state index contributed by atoms with van der Waals surface area (Å²) in [5.74, 6) is 0.144. The SMILES string of the molecule is Nc1ncnc2c1ncn2[C@H]1C[C@](O)(P(=O)(O)O)[C@@H](CO)O1. The maximum atomic E-state index is 11.5. The number of nitrogen functional groups attached to an aromatic ring is 1. The van der Waals surface area contributed by atoms with E-state index in [9.17, 15) is 24.6 Å². The number of imidazole rings is 1. The largest absolute Gasteiger partial charge is 0.394 e. The molecule has 0 amide bonds. The van der Waals surface area contributed by atoms with Crippen LogP contribution in [0.15, 0.2) is 12.7 Å². The predicted molar refractivity (Wildman–Crippen MR) is 72.3 cm³/mol. The molecule has 2 aromatic rings. The highest BCUT2D eigenvalue weighted by Gasteiger charge is 2.59. The number of nitrogens with two attached hydrogens (primary N) is 1. The third-order valence-corrected chi connectivity index (χ3v) is 5.16. The number of aliphatic hydroxyl groups is 2. The molecular formula is C10H14N5O6P. The van der Waals surface area contributed by atoms with Crippen molar-refractivity contribution in [1.82, 2.24) is 19.5 Å². The Kier molecular flexibility index (Phi) is 3.44. The summed E-state index contributed by atoms with van der Waals surface area (Å²) < 4.78 is 18.3. The van der Waals surface area contributed by atoms with Gasteiger partial charge in [0.2, 0.25) is 0 Å². The number of rotatable bonds is 3. The highest BCUT2D eigenvalue weighted by Crippen LogP contribution is 2.59. The molecule has 3 rings (SSSR count). The van der Waals surface area contributed by atoms with Crippen molar-refractivity contribution in [2.45, 2.75) is 24.1 Å². The lowest BCUT2D eigenvalue weighted by Gasteiger charge is -2.27. The van der Waals surface area contributed by atoms with Crippen molar-refractivity contribution in [2.75, 3.05) is 12.3 Å². The zero-order valence-corrected chi connectivity index (χ0v) is 12.0. The Morgan fingerprint density at radius 1 is 1.45 bits per heavy atom. The fraction of sp³-hybridized carbons (Fsp3) is 0.500. The lowest BCUT2D eigenvalue weighted by Crippen LogP contribution is -2.40. The van der Waals surface area contributed by atoms with E-state index in [4.69, 9.17) is 10.5 Å². The number of fused-ring (bicyclic) bond motifs is 1. The smallest absolute Gasteiger partial charge is 0.359 e.